The third-order valence-electron chi connectivity index (χ3n) is 4.19. The Hall–Kier alpha value is -2.18. The van der Waals surface area contributed by atoms with Crippen molar-refractivity contribution in [2.24, 2.45) is 0 Å². The Morgan fingerprint density at radius 1 is 1.08 bits per heavy atom. The molecule has 0 aliphatic carbocycles. The molecule has 0 aromatic heterocycles. The van der Waals surface area contributed by atoms with Crippen molar-refractivity contribution >= 4 is 21.6 Å². The molecule has 1 aliphatic heterocycles. The summed E-state index contributed by atoms with van der Waals surface area (Å²) in [5.74, 6) is -0.0602. The first-order valence-electron chi connectivity index (χ1n) is 8.71. The topological polar surface area (TPSA) is 66.5 Å². The zero-order valence-electron chi connectivity index (χ0n) is 15.3. The normalized spacial score (nSPS) is 14.8. The van der Waals surface area contributed by atoms with E-state index in [0.717, 1.165) is 24.1 Å². The van der Waals surface area contributed by atoms with Gasteiger partial charge in [-0.2, -0.15) is 0 Å². The van der Waals surface area contributed by atoms with E-state index in [4.69, 9.17) is 0 Å². The molecule has 3 rings (SSSR count). The molecule has 0 unspecified atom stereocenters. The fourth-order valence-electron chi connectivity index (χ4n) is 3.15. The lowest BCUT2D eigenvalue weighted by Crippen LogP contribution is -2.40. The first-order chi connectivity index (χ1) is 12.2. The molecule has 2 aromatic carbocycles. The lowest BCUT2D eigenvalue weighted by atomic mass is 10.0. The number of fused-ring (bicyclic) bond motifs is 1. The third-order valence-corrected chi connectivity index (χ3v) is 5.94. The second-order valence-electron chi connectivity index (χ2n) is 7.57. The second-order valence-corrected chi connectivity index (χ2v) is 9.25. The molecule has 6 heteroatoms. The molecule has 0 saturated carbocycles. The number of aryl methyl sites for hydroxylation is 1. The average molecular weight is 372 g/mol. The highest BCUT2D eigenvalue weighted by molar-refractivity contribution is 7.89. The molecule has 1 heterocycles. The summed E-state index contributed by atoms with van der Waals surface area (Å²) in [6.07, 6.45) is 1.56. The summed E-state index contributed by atoms with van der Waals surface area (Å²) in [4.78, 5) is 14.8. The molecule has 0 saturated heterocycles. The average Bonchev–Trinajstić information content (AvgIpc) is 2.59. The zero-order chi connectivity index (χ0) is 18.9. The summed E-state index contributed by atoms with van der Waals surface area (Å²) < 4.78 is 27.8. The Kier molecular flexibility index (Phi) is 4.90. The maximum atomic E-state index is 12.8. The molecule has 2 aromatic rings. The van der Waals surface area contributed by atoms with Crippen LogP contribution in [-0.2, 0) is 16.4 Å². The fourth-order valence-corrected chi connectivity index (χ4v) is 4.62. The van der Waals surface area contributed by atoms with Gasteiger partial charge in [0.1, 0.15) is 0 Å². The van der Waals surface area contributed by atoms with E-state index in [1.807, 2.05) is 39.0 Å². The van der Waals surface area contributed by atoms with Crippen molar-refractivity contribution in [1.82, 2.24) is 4.72 Å². The van der Waals surface area contributed by atoms with E-state index in [2.05, 4.69) is 4.72 Å². The number of rotatable bonds is 3. The highest BCUT2D eigenvalue weighted by Crippen LogP contribution is 2.30. The minimum Gasteiger partial charge on any atom is -0.308 e. The number of benzene rings is 2. The molecule has 0 spiro atoms. The number of anilines is 1. The van der Waals surface area contributed by atoms with Gasteiger partial charge in [-0.1, -0.05) is 18.2 Å². The van der Waals surface area contributed by atoms with Crippen LogP contribution in [0.4, 0.5) is 5.69 Å². The standard InChI is InChI=1S/C20H24N2O3S/c1-20(2,3)21-26(24,25)17-11-12-18-16(14-17)10-7-13-22(18)19(23)15-8-5-4-6-9-15/h4-6,8-9,11-12,14,21H,7,10,13H2,1-3H3. The van der Waals surface area contributed by atoms with Crippen molar-refractivity contribution in [2.45, 2.75) is 44.0 Å². The molecule has 0 fully saturated rings. The van der Waals surface area contributed by atoms with Crippen molar-refractivity contribution in [3.63, 3.8) is 0 Å². The minimum absolute atomic E-state index is 0.0602. The first-order valence-corrected chi connectivity index (χ1v) is 10.2. The van der Waals surface area contributed by atoms with Crippen molar-refractivity contribution in [3.05, 3.63) is 59.7 Å². The summed E-state index contributed by atoms with van der Waals surface area (Å²) in [7, 11) is -3.59. The molecule has 0 atom stereocenters. The summed E-state index contributed by atoms with van der Waals surface area (Å²) in [5, 5.41) is 0. The van der Waals surface area contributed by atoms with Gasteiger partial charge in [0, 0.05) is 23.3 Å². The van der Waals surface area contributed by atoms with Crippen LogP contribution in [0.2, 0.25) is 0 Å². The van der Waals surface area contributed by atoms with Crippen LogP contribution in [0.25, 0.3) is 0 Å². The van der Waals surface area contributed by atoms with E-state index in [9.17, 15) is 13.2 Å². The van der Waals surface area contributed by atoms with Gasteiger partial charge in [-0.05, 0) is 69.5 Å². The van der Waals surface area contributed by atoms with Crippen molar-refractivity contribution < 1.29 is 13.2 Å². The molecule has 26 heavy (non-hydrogen) atoms. The predicted molar refractivity (Wildman–Crippen MR) is 103 cm³/mol. The number of hydrogen-bond donors (Lipinski definition) is 1. The molecular formula is C20H24N2O3S. The number of sulfonamides is 1. The minimum atomic E-state index is -3.59. The smallest absolute Gasteiger partial charge is 0.258 e. The van der Waals surface area contributed by atoms with E-state index in [1.54, 1.807) is 35.2 Å². The van der Waals surface area contributed by atoms with Gasteiger partial charge in [-0.25, -0.2) is 13.1 Å². The SMILES string of the molecule is CC(C)(C)NS(=O)(=O)c1ccc2c(c1)CCCN2C(=O)c1ccccc1. The van der Waals surface area contributed by atoms with E-state index in [-0.39, 0.29) is 10.8 Å². The Labute approximate surface area is 155 Å². The number of carbonyl (C=O) groups excluding carboxylic acids is 1. The second kappa shape index (κ2) is 6.85. The lowest BCUT2D eigenvalue weighted by Gasteiger charge is -2.30. The van der Waals surface area contributed by atoms with E-state index in [0.29, 0.717) is 12.1 Å². The molecule has 1 amide bonds. The largest absolute Gasteiger partial charge is 0.308 e. The van der Waals surface area contributed by atoms with Crippen LogP contribution in [0.1, 0.15) is 43.1 Å². The summed E-state index contributed by atoms with van der Waals surface area (Å²) in [6, 6.07) is 14.1. The zero-order valence-corrected chi connectivity index (χ0v) is 16.1. The van der Waals surface area contributed by atoms with Gasteiger partial charge >= 0.3 is 0 Å². The Morgan fingerprint density at radius 2 is 1.77 bits per heavy atom. The molecule has 0 bridgehead atoms. The maximum Gasteiger partial charge on any atom is 0.258 e. The van der Waals surface area contributed by atoms with Crippen LogP contribution < -0.4 is 9.62 Å². The molecular weight excluding hydrogens is 348 g/mol. The molecule has 5 nitrogen and oxygen atoms in total. The Morgan fingerprint density at radius 3 is 2.42 bits per heavy atom. The van der Waals surface area contributed by atoms with Gasteiger partial charge in [0.15, 0.2) is 0 Å². The first kappa shape index (κ1) is 18.6. The molecule has 1 aliphatic rings. The van der Waals surface area contributed by atoms with E-state index in [1.165, 1.54) is 0 Å². The Bertz CT molecular complexity index is 916. The number of amides is 1. The Balaban J connectivity index is 1.94. The van der Waals surface area contributed by atoms with Crippen LogP contribution >= 0.6 is 0 Å². The van der Waals surface area contributed by atoms with E-state index < -0.39 is 15.6 Å². The summed E-state index contributed by atoms with van der Waals surface area (Å²) in [5.41, 5.74) is 1.76. The van der Waals surface area contributed by atoms with Crippen LogP contribution in [0.5, 0.6) is 0 Å². The quantitative estimate of drug-likeness (QED) is 0.898. The third kappa shape index (κ3) is 3.97. The summed E-state index contributed by atoms with van der Waals surface area (Å²) in [6.45, 7) is 6.06. The van der Waals surface area contributed by atoms with Crippen LogP contribution in [0.15, 0.2) is 53.4 Å². The molecule has 138 valence electrons. The number of nitrogens with one attached hydrogen (secondary N) is 1. The van der Waals surface area contributed by atoms with Crippen molar-refractivity contribution in [1.29, 1.82) is 0 Å². The van der Waals surface area contributed by atoms with Crippen LogP contribution in [0, 0.1) is 0 Å². The number of carbonyl (C=O) groups is 1. The van der Waals surface area contributed by atoms with E-state index >= 15 is 0 Å². The van der Waals surface area contributed by atoms with Crippen molar-refractivity contribution in [2.75, 3.05) is 11.4 Å². The van der Waals surface area contributed by atoms with Gasteiger partial charge in [-0.15, -0.1) is 0 Å². The van der Waals surface area contributed by atoms with Gasteiger partial charge < -0.3 is 4.90 Å². The fraction of sp³-hybridized carbons (Fsp3) is 0.350. The predicted octanol–water partition coefficient (Wildman–Crippen LogP) is 3.36. The lowest BCUT2D eigenvalue weighted by molar-refractivity contribution is 0.0985. The van der Waals surface area contributed by atoms with Crippen LogP contribution in [-0.4, -0.2) is 26.4 Å². The maximum absolute atomic E-state index is 12.8. The van der Waals surface area contributed by atoms with Gasteiger partial charge in [-0.3, -0.25) is 4.79 Å². The molecule has 1 N–H and O–H groups in total. The highest BCUT2D eigenvalue weighted by atomic mass is 32.2. The van der Waals surface area contributed by atoms with Gasteiger partial charge in [0.05, 0.1) is 4.90 Å². The highest BCUT2D eigenvalue weighted by Gasteiger charge is 2.27. The number of nitrogens with zero attached hydrogens (tertiary/aromatic N) is 1. The summed E-state index contributed by atoms with van der Waals surface area (Å²) >= 11 is 0. The number of hydrogen-bond acceptors (Lipinski definition) is 3. The van der Waals surface area contributed by atoms with Gasteiger partial charge in [0.2, 0.25) is 10.0 Å². The monoisotopic (exact) mass is 372 g/mol. The molecule has 0 radical (unpaired) electrons. The van der Waals surface area contributed by atoms with Gasteiger partial charge in [0.25, 0.3) is 5.91 Å². The van der Waals surface area contributed by atoms with Crippen LogP contribution in [0.3, 0.4) is 0 Å². The van der Waals surface area contributed by atoms with Crippen molar-refractivity contribution in [3.8, 4) is 0 Å².